The fourth-order valence-corrected chi connectivity index (χ4v) is 4.64. The van der Waals surface area contributed by atoms with Gasteiger partial charge in [-0.2, -0.15) is 5.10 Å². The van der Waals surface area contributed by atoms with Crippen molar-refractivity contribution >= 4 is 29.3 Å². The Morgan fingerprint density at radius 3 is 2.14 bits per heavy atom. The number of aryl methyl sites for hydroxylation is 1. The molecule has 9 nitrogen and oxygen atoms in total. The van der Waals surface area contributed by atoms with Crippen LogP contribution >= 0.6 is 0 Å². The molecule has 11 heteroatoms. The van der Waals surface area contributed by atoms with Crippen molar-refractivity contribution in [2.75, 3.05) is 41.7 Å². The topological polar surface area (TPSA) is 95.4 Å². The highest BCUT2D eigenvalue weighted by Gasteiger charge is 2.27. The molecular formula is C31H33F2N7O2. The van der Waals surface area contributed by atoms with Gasteiger partial charge < -0.3 is 15.1 Å². The van der Waals surface area contributed by atoms with Gasteiger partial charge in [0.15, 0.2) is 0 Å². The van der Waals surface area contributed by atoms with Crippen LogP contribution in [0.3, 0.4) is 0 Å². The lowest BCUT2D eigenvalue weighted by Gasteiger charge is -2.35. The number of anilines is 3. The van der Waals surface area contributed by atoms with E-state index in [4.69, 9.17) is 5.10 Å². The molecule has 0 spiro atoms. The van der Waals surface area contributed by atoms with Crippen molar-refractivity contribution in [3.63, 3.8) is 0 Å². The fraction of sp³-hybridized carbons (Fsp3) is 0.290. The number of halogens is 2. The molecule has 0 unspecified atom stereocenters. The first-order chi connectivity index (χ1) is 20.0. The smallest absolute Gasteiger partial charge is 0.324 e. The minimum absolute atomic E-state index is 0.213. The Kier molecular flexibility index (Phi) is 7.93. The molecule has 1 aliphatic rings. The number of amides is 3. The number of carbonyl (C=O) groups is 2. The van der Waals surface area contributed by atoms with Crippen LogP contribution in [0.2, 0.25) is 0 Å². The Bertz CT molecular complexity index is 1570. The molecule has 2 N–H and O–H groups in total. The first kappa shape index (κ1) is 28.7. The summed E-state index contributed by atoms with van der Waals surface area (Å²) in [6.45, 7) is 9.68. The van der Waals surface area contributed by atoms with E-state index in [2.05, 4.69) is 36.4 Å². The molecule has 3 amide bonds. The summed E-state index contributed by atoms with van der Waals surface area (Å²) < 4.78 is 29.8. The predicted molar refractivity (Wildman–Crippen MR) is 158 cm³/mol. The van der Waals surface area contributed by atoms with Gasteiger partial charge in [-0.25, -0.2) is 23.2 Å². The minimum atomic E-state index is -0.870. The number of urea groups is 1. The molecule has 0 atom stereocenters. The summed E-state index contributed by atoms with van der Waals surface area (Å²) in [6, 6.07) is 16.2. The second-order valence-corrected chi connectivity index (χ2v) is 11.3. The number of aromatic nitrogens is 3. The van der Waals surface area contributed by atoms with Gasteiger partial charge in [-0.05, 0) is 43.3 Å². The third kappa shape index (κ3) is 6.24. The number of piperazine rings is 1. The van der Waals surface area contributed by atoms with Gasteiger partial charge in [0.05, 0.1) is 23.3 Å². The van der Waals surface area contributed by atoms with Gasteiger partial charge in [0, 0.05) is 37.7 Å². The maximum Gasteiger partial charge on any atom is 0.324 e. The fourth-order valence-electron chi connectivity index (χ4n) is 4.64. The third-order valence-corrected chi connectivity index (χ3v) is 7.07. The molecule has 218 valence electrons. The zero-order chi connectivity index (χ0) is 30.0. The van der Waals surface area contributed by atoms with Crippen molar-refractivity contribution in [3.8, 4) is 5.69 Å². The van der Waals surface area contributed by atoms with Crippen LogP contribution in [0.4, 0.5) is 30.9 Å². The zero-order valence-corrected chi connectivity index (χ0v) is 24.0. The summed E-state index contributed by atoms with van der Waals surface area (Å²) in [5, 5.41) is 10.5. The highest BCUT2D eigenvalue weighted by molar-refractivity contribution is 5.99. The molecule has 0 bridgehead atoms. The summed E-state index contributed by atoms with van der Waals surface area (Å²) in [6.07, 6.45) is 1.55. The Hall–Kier alpha value is -4.80. The SMILES string of the molecule is Cc1ccc(-n2nc(C(C)(C)C)cc2NC(=O)Nc2ccc(N3CCN(C(=O)c4c(F)cccc4F)CC3)nc2)cc1. The van der Waals surface area contributed by atoms with Crippen LogP contribution in [-0.4, -0.2) is 57.8 Å². The Morgan fingerprint density at radius 2 is 1.55 bits per heavy atom. The maximum atomic E-state index is 14.1. The molecular weight excluding hydrogens is 540 g/mol. The lowest BCUT2D eigenvalue weighted by atomic mass is 9.92. The van der Waals surface area contributed by atoms with E-state index in [9.17, 15) is 18.4 Å². The van der Waals surface area contributed by atoms with E-state index >= 15 is 0 Å². The van der Waals surface area contributed by atoms with Crippen LogP contribution in [0.5, 0.6) is 0 Å². The van der Waals surface area contributed by atoms with Gasteiger partial charge in [-0.15, -0.1) is 0 Å². The lowest BCUT2D eigenvalue weighted by Crippen LogP contribution is -2.49. The van der Waals surface area contributed by atoms with Crippen molar-refractivity contribution in [1.82, 2.24) is 19.7 Å². The number of pyridine rings is 1. The molecule has 2 aromatic carbocycles. The van der Waals surface area contributed by atoms with Crippen molar-refractivity contribution in [2.45, 2.75) is 33.1 Å². The highest BCUT2D eigenvalue weighted by Crippen LogP contribution is 2.27. The summed E-state index contributed by atoms with van der Waals surface area (Å²) in [5.74, 6) is -1.20. The molecule has 0 radical (unpaired) electrons. The quantitative estimate of drug-likeness (QED) is 0.317. The molecule has 2 aromatic heterocycles. The monoisotopic (exact) mass is 573 g/mol. The normalized spacial score (nSPS) is 13.7. The van der Waals surface area contributed by atoms with Gasteiger partial charge in [0.1, 0.15) is 28.8 Å². The number of nitrogens with zero attached hydrogens (tertiary/aromatic N) is 5. The second-order valence-electron chi connectivity index (χ2n) is 11.3. The minimum Gasteiger partial charge on any atom is -0.353 e. The summed E-state index contributed by atoms with van der Waals surface area (Å²) >= 11 is 0. The van der Waals surface area contributed by atoms with Crippen LogP contribution < -0.4 is 15.5 Å². The molecule has 1 fully saturated rings. The van der Waals surface area contributed by atoms with E-state index in [0.29, 0.717) is 43.5 Å². The van der Waals surface area contributed by atoms with Crippen LogP contribution in [0.1, 0.15) is 42.4 Å². The Balaban J connectivity index is 1.21. The van der Waals surface area contributed by atoms with Crippen molar-refractivity contribution in [2.24, 2.45) is 0 Å². The average Bonchev–Trinajstić information content (AvgIpc) is 3.38. The number of rotatable bonds is 5. The van der Waals surface area contributed by atoms with Crippen molar-refractivity contribution in [1.29, 1.82) is 0 Å². The van der Waals surface area contributed by atoms with Gasteiger partial charge >= 0.3 is 6.03 Å². The van der Waals surface area contributed by atoms with Crippen LogP contribution in [0.25, 0.3) is 5.69 Å². The largest absolute Gasteiger partial charge is 0.353 e. The molecule has 5 rings (SSSR count). The molecule has 0 aliphatic carbocycles. The molecule has 4 aromatic rings. The molecule has 0 saturated carbocycles. The van der Waals surface area contributed by atoms with E-state index in [1.165, 1.54) is 11.0 Å². The number of hydrogen-bond acceptors (Lipinski definition) is 5. The number of carbonyl (C=O) groups excluding carboxylic acids is 2. The summed E-state index contributed by atoms with van der Waals surface area (Å²) in [7, 11) is 0. The predicted octanol–water partition coefficient (Wildman–Crippen LogP) is 5.76. The first-order valence-electron chi connectivity index (χ1n) is 13.7. The van der Waals surface area contributed by atoms with Crippen molar-refractivity contribution < 1.29 is 18.4 Å². The second kappa shape index (κ2) is 11.6. The van der Waals surface area contributed by atoms with Gasteiger partial charge in [0.25, 0.3) is 5.91 Å². The van der Waals surface area contributed by atoms with E-state index in [1.807, 2.05) is 42.2 Å². The van der Waals surface area contributed by atoms with E-state index in [-0.39, 0.29) is 5.41 Å². The third-order valence-electron chi connectivity index (χ3n) is 7.07. The maximum absolute atomic E-state index is 14.1. The zero-order valence-electron chi connectivity index (χ0n) is 24.0. The molecule has 1 aliphatic heterocycles. The lowest BCUT2D eigenvalue weighted by molar-refractivity contribution is 0.0736. The summed E-state index contributed by atoms with van der Waals surface area (Å²) in [4.78, 5) is 33.5. The summed E-state index contributed by atoms with van der Waals surface area (Å²) in [5.41, 5.74) is 2.55. The van der Waals surface area contributed by atoms with Crippen LogP contribution in [0, 0.1) is 18.6 Å². The highest BCUT2D eigenvalue weighted by atomic mass is 19.1. The first-order valence-corrected chi connectivity index (χ1v) is 13.7. The Labute approximate surface area is 243 Å². The molecule has 42 heavy (non-hydrogen) atoms. The van der Waals surface area contributed by atoms with Crippen LogP contribution in [-0.2, 0) is 5.41 Å². The molecule has 1 saturated heterocycles. The Morgan fingerprint density at radius 1 is 0.881 bits per heavy atom. The van der Waals surface area contributed by atoms with Gasteiger partial charge in [-0.3, -0.25) is 10.1 Å². The van der Waals surface area contributed by atoms with Gasteiger partial charge in [0.2, 0.25) is 0 Å². The van der Waals surface area contributed by atoms with Crippen molar-refractivity contribution in [3.05, 3.63) is 95.3 Å². The standard InChI is InChI=1S/C31H33F2N7O2/c1-20-8-11-22(12-9-20)40-27(18-25(37-40)31(2,3)4)36-30(42)35-21-10-13-26(34-19-21)38-14-16-39(17-15-38)29(41)28-23(32)6-5-7-24(28)33/h5-13,18-19H,14-17H2,1-4H3,(H2,35,36,42). The van der Waals surface area contributed by atoms with Crippen LogP contribution in [0.15, 0.2) is 66.9 Å². The van der Waals surface area contributed by atoms with Gasteiger partial charge in [-0.1, -0.05) is 44.5 Å². The number of benzene rings is 2. The number of hydrogen-bond donors (Lipinski definition) is 2. The average molecular weight is 574 g/mol. The molecule has 3 heterocycles. The number of nitrogens with one attached hydrogen (secondary N) is 2. The van der Waals surface area contributed by atoms with E-state index in [0.717, 1.165) is 29.1 Å². The van der Waals surface area contributed by atoms with E-state index in [1.54, 1.807) is 23.0 Å². The van der Waals surface area contributed by atoms with E-state index < -0.39 is 29.1 Å².